The molecule has 0 atom stereocenters. The SMILES string of the molecule is NCc1ccccc1-n1nc(-c2ccc(F)cc2)cc1Nc1cc(F)ccc1C(=O)O. The average molecular weight is 420 g/mol. The highest BCUT2D eigenvalue weighted by molar-refractivity contribution is 5.95. The zero-order valence-electron chi connectivity index (χ0n) is 16.2. The van der Waals surface area contributed by atoms with Gasteiger partial charge in [-0.1, -0.05) is 18.2 Å². The first kappa shape index (κ1) is 20.2. The molecule has 0 aliphatic carbocycles. The average Bonchev–Trinajstić information content (AvgIpc) is 3.17. The number of carbonyl (C=O) groups is 1. The van der Waals surface area contributed by atoms with Crippen LogP contribution in [-0.4, -0.2) is 20.9 Å². The third kappa shape index (κ3) is 4.15. The fourth-order valence-electron chi connectivity index (χ4n) is 3.25. The molecule has 4 aromatic rings. The van der Waals surface area contributed by atoms with Crippen LogP contribution in [0.4, 0.5) is 20.3 Å². The number of anilines is 2. The minimum Gasteiger partial charge on any atom is -0.478 e. The van der Waals surface area contributed by atoms with E-state index in [0.29, 0.717) is 22.8 Å². The second-order valence-electron chi connectivity index (χ2n) is 6.79. The van der Waals surface area contributed by atoms with Crippen molar-refractivity contribution in [3.63, 3.8) is 0 Å². The molecule has 1 aromatic heterocycles. The number of para-hydroxylation sites is 1. The van der Waals surface area contributed by atoms with Gasteiger partial charge in [-0.3, -0.25) is 0 Å². The van der Waals surface area contributed by atoms with Gasteiger partial charge in [-0.2, -0.15) is 5.10 Å². The first-order valence-electron chi connectivity index (χ1n) is 9.40. The van der Waals surface area contributed by atoms with E-state index in [1.807, 2.05) is 24.3 Å². The molecule has 0 unspecified atom stereocenters. The molecule has 0 radical (unpaired) electrons. The number of rotatable bonds is 6. The lowest BCUT2D eigenvalue weighted by molar-refractivity contribution is 0.0698. The maximum Gasteiger partial charge on any atom is 0.337 e. The summed E-state index contributed by atoms with van der Waals surface area (Å²) in [5.74, 6) is -1.76. The number of aromatic carboxylic acids is 1. The van der Waals surface area contributed by atoms with Crippen molar-refractivity contribution in [1.82, 2.24) is 9.78 Å². The molecule has 0 aliphatic heterocycles. The molecule has 156 valence electrons. The minimum absolute atomic E-state index is 0.0736. The van der Waals surface area contributed by atoms with E-state index < -0.39 is 11.8 Å². The van der Waals surface area contributed by atoms with E-state index in [4.69, 9.17) is 5.73 Å². The smallest absolute Gasteiger partial charge is 0.337 e. The molecule has 6 nitrogen and oxygen atoms in total. The van der Waals surface area contributed by atoms with Crippen molar-refractivity contribution < 1.29 is 18.7 Å². The number of carboxylic acid groups (broad SMARTS) is 1. The minimum atomic E-state index is -1.20. The van der Waals surface area contributed by atoms with Gasteiger partial charge in [-0.05, 0) is 54.1 Å². The molecular weight excluding hydrogens is 402 g/mol. The van der Waals surface area contributed by atoms with Crippen LogP contribution in [0.15, 0.2) is 72.8 Å². The van der Waals surface area contributed by atoms with Crippen LogP contribution in [-0.2, 0) is 6.54 Å². The van der Waals surface area contributed by atoms with Gasteiger partial charge in [0.15, 0.2) is 0 Å². The number of benzene rings is 3. The van der Waals surface area contributed by atoms with Crippen molar-refractivity contribution in [3.8, 4) is 16.9 Å². The molecule has 4 N–H and O–H groups in total. The second-order valence-corrected chi connectivity index (χ2v) is 6.79. The number of aromatic nitrogens is 2. The summed E-state index contributed by atoms with van der Waals surface area (Å²) in [6.45, 7) is 0.252. The Morgan fingerprint density at radius 3 is 2.42 bits per heavy atom. The van der Waals surface area contributed by atoms with Gasteiger partial charge in [0.25, 0.3) is 0 Å². The Morgan fingerprint density at radius 1 is 1.00 bits per heavy atom. The van der Waals surface area contributed by atoms with E-state index in [1.54, 1.807) is 22.9 Å². The topological polar surface area (TPSA) is 93.2 Å². The third-order valence-corrected chi connectivity index (χ3v) is 4.76. The molecule has 0 amide bonds. The Balaban J connectivity index is 1.87. The number of hydrogen-bond donors (Lipinski definition) is 3. The fraction of sp³-hybridized carbons (Fsp3) is 0.0435. The van der Waals surface area contributed by atoms with Crippen molar-refractivity contribution in [3.05, 3.63) is 95.6 Å². The summed E-state index contributed by atoms with van der Waals surface area (Å²) in [4.78, 5) is 11.6. The van der Waals surface area contributed by atoms with E-state index in [-0.39, 0.29) is 23.6 Å². The highest BCUT2D eigenvalue weighted by atomic mass is 19.1. The molecule has 8 heteroatoms. The number of nitrogens with one attached hydrogen (secondary N) is 1. The molecule has 0 bridgehead atoms. The Hall–Kier alpha value is -4.04. The van der Waals surface area contributed by atoms with Gasteiger partial charge in [0.05, 0.1) is 22.6 Å². The van der Waals surface area contributed by atoms with Crippen LogP contribution in [0.1, 0.15) is 15.9 Å². The summed E-state index contributed by atoms with van der Waals surface area (Å²) in [5.41, 5.74) is 8.51. The van der Waals surface area contributed by atoms with Crippen LogP contribution in [0.5, 0.6) is 0 Å². The normalized spacial score (nSPS) is 10.8. The van der Waals surface area contributed by atoms with Crippen molar-refractivity contribution in [2.45, 2.75) is 6.54 Å². The molecule has 4 rings (SSSR count). The summed E-state index contributed by atoms with van der Waals surface area (Å²) in [7, 11) is 0. The predicted octanol–water partition coefficient (Wildman–Crippen LogP) is 4.72. The largest absolute Gasteiger partial charge is 0.478 e. The van der Waals surface area contributed by atoms with Crippen molar-refractivity contribution in [2.24, 2.45) is 5.73 Å². The molecule has 0 saturated heterocycles. The third-order valence-electron chi connectivity index (χ3n) is 4.76. The highest BCUT2D eigenvalue weighted by Gasteiger charge is 2.17. The van der Waals surface area contributed by atoms with Gasteiger partial charge in [0.2, 0.25) is 0 Å². The Kier molecular flexibility index (Phi) is 5.46. The van der Waals surface area contributed by atoms with Crippen LogP contribution in [0.2, 0.25) is 0 Å². The maximum atomic E-state index is 13.9. The van der Waals surface area contributed by atoms with E-state index in [0.717, 1.165) is 17.7 Å². The molecule has 3 aromatic carbocycles. The molecule has 0 fully saturated rings. The van der Waals surface area contributed by atoms with E-state index >= 15 is 0 Å². The maximum absolute atomic E-state index is 13.9. The zero-order chi connectivity index (χ0) is 22.0. The standard InChI is InChI=1S/C23H18F2N4O2/c24-16-7-5-14(6-8-16)19-12-22(27-20-11-17(25)9-10-18(20)23(30)31)29(28-19)21-4-2-1-3-15(21)13-26/h1-12,27H,13,26H2,(H,30,31). The van der Waals surface area contributed by atoms with Gasteiger partial charge in [0, 0.05) is 18.2 Å². The summed E-state index contributed by atoms with van der Waals surface area (Å²) in [5, 5.41) is 17.1. The number of nitrogens with two attached hydrogens (primary N) is 1. The van der Waals surface area contributed by atoms with E-state index in [9.17, 15) is 18.7 Å². The summed E-state index contributed by atoms with van der Waals surface area (Å²) < 4.78 is 28.8. The zero-order valence-corrected chi connectivity index (χ0v) is 16.2. The predicted molar refractivity (Wildman–Crippen MR) is 113 cm³/mol. The monoisotopic (exact) mass is 420 g/mol. The van der Waals surface area contributed by atoms with Gasteiger partial charge in [-0.15, -0.1) is 0 Å². The van der Waals surface area contributed by atoms with E-state index in [2.05, 4.69) is 10.4 Å². The van der Waals surface area contributed by atoms with Crippen molar-refractivity contribution in [1.29, 1.82) is 0 Å². The number of halogens is 2. The number of nitrogens with zero attached hydrogens (tertiary/aromatic N) is 2. The van der Waals surface area contributed by atoms with Crippen LogP contribution in [0.3, 0.4) is 0 Å². The van der Waals surface area contributed by atoms with Crippen LogP contribution in [0.25, 0.3) is 16.9 Å². The van der Waals surface area contributed by atoms with Gasteiger partial charge in [0.1, 0.15) is 17.5 Å². The number of carboxylic acids is 1. The summed E-state index contributed by atoms with van der Waals surface area (Å²) in [6.07, 6.45) is 0. The van der Waals surface area contributed by atoms with Crippen LogP contribution < -0.4 is 11.1 Å². The Bertz CT molecular complexity index is 1250. The second kappa shape index (κ2) is 8.37. The van der Waals surface area contributed by atoms with Crippen molar-refractivity contribution in [2.75, 3.05) is 5.32 Å². The fourth-order valence-corrected chi connectivity index (χ4v) is 3.25. The Labute approximate surface area is 176 Å². The van der Waals surface area contributed by atoms with E-state index in [1.165, 1.54) is 18.2 Å². The lowest BCUT2D eigenvalue weighted by atomic mass is 10.1. The summed E-state index contributed by atoms with van der Waals surface area (Å²) >= 11 is 0. The lowest BCUT2D eigenvalue weighted by Crippen LogP contribution is -2.10. The molecule has 0 aliphatic rings. The van der Waals surface area contributed by atoms with Crippen LogP contribution in [0, 0.1) is 11.6 Å². The van der Waals surface area contributed by atoms with Gasteiger partial charge in [-0.25, -0.2) is 18.3 Å². The molecular formula is C23H18F2N4O2. The summed E-state index contributed by atoms with van der Waals surface area (Å²) in [6, 6.07) is 18.2. The van der Waals surface area contributed by atoms with Gasteiger partial charge >= 0.3 is 5.97 Å². The van der Waals surface area contributed by atoms with Crippen LogP contribution >= 0.6 is 0 Å². The lowest BCUT2D eigenvalue weighted by Gasteiger charge is -2.14. The Morgan fingerprint density at radius 2 is 1.71 bits per heavy atom. The van der Waals surface area contributed by atoms with Crippen molar-refractivity contribution >= 4 is 17.5 Å². The molecule has 0 spiro atoms. The highest BCUT2D eigenvalue weighted by Crippen LogP contribution is 2.30. The molecule has 1 heterocycles. The number of hydrogen-bond acceptors (Lipinski definition) is 4. The molecule has 0 saturated carbocycles. The molecule has 31 heavy (non-hydrogen) atoms. The quantitative estimate of drug-likeness (QED) is 0.420. The first-order chi connectivity index (χ1) is 15.0. The van der Waals surface area contributed by atoms with Gasteiger partial charge < -0.3 is 16.2 Å². The first-order valence-corrected chi connectivity index (χ1v) is 9.40.